The number of halogens is 1. The highest BCUT2D eigenvalue weighted by Crippen LogP contribution is 2.23. The zero-order valence-electron chi connectivity index (χ0n) is 21.3. The smallest absolute Gasteiger partial charge is 0.244 e. The number of anilines is 1. The van der Waals surface area contributed by atoms with Crippen molar-refractivity contribution in [2.75, 3.05) is 23.7 Å². The molecule has 0 aliphatic heterocycles. The fourth-order valence-corrected chi connectivity index (χ4v) is 4.59. The summed E-state index contributed by atoms with van der Waals surface area (Å²) < 4.78 is 26.5. The zero-order chi connectivity index (χ0) is 26.3. The maximum Gasteiger partial charge on any atom is 0.244 e. The maximum atomic E-state index is 13.7. The van der Waals surface area contributed by atoms with Crippen LogP contribution in [0, 0.1) is 19.8 Å². The first-order valence-corrected chi connectivity index (χ1v) is 13.9. The van der Waals surface area contributed by atoms with E-state index in [1.165, 1.54) is 4.90 Å². The highest BCUT2D eigenvalue weighted by molar-refractivity contribution is 7.92. The first-order valence-electron chi connectivity index (χ1n) is 11.7. The number of rotatable bonds is 11. The van der Waals surface area contributed by atoms with Gasteiger partial charge in [-0.05, 0) is 67.1 Å². The minimum Gasteiger partial charge on any atom is -0.354 e. The molecule has 2 rings (SSSR count). The average molecular weight is 522 g/mol. The van der Waals surface area contributed by atoms with Crippen LogP contribution in [0.1, 0.15) is 43.9 Å². The Kier molecular flexibility index (Phi) is 10.2. The van der Waals surface area contributed by atoms with E-state index in [4.69, 9.17) is 11.6 Å². The lowest BCUT2D eigenvalue weighted by atomic mass is 10.1. The van der Waals surface area contributed by atoms with Gasteiger partial charge in [-0.25, -0.2) is 8.42 Å². The summed E-state index contributed by atoms with van der Waals surface area (Å²) in [6, 6.07) is 11.5. The van der Waals surface area contributed by atoms with Gasteiger partial charge in [-0.1, -0.05) is 50.6 Å². The van der Waals surface area contributed by atoms with Crippen molar-refractivity contribution in [3.05, 3.63) is 64.2 Å². The van der Waals surface area contributed by atoms with Gasteiger partial charge in [0.15, 0.2) is 0 Å². The van der Waals surface area contributed by atoms with Crippen molar-refractivity contribution in [1.29, 1.82) is 0 Å². The summed E-state index contributed by atoms with van der Waals surface area (Å²) in [6.45, 7) is 9.86. The molecule has 1 unspecified atom stereocenters. The van der Waals surface area contributed by atoms with Crippen molar-refractivity contribution in [3.63, 3.8) is 0 Å². The Morgan fingerprint density at radius 1 is 1.03 bits per heavy atom. The number of sulfonamides is 1. The van der Waals surface area contributed by atoms with E-state index in [1.54, 1.807) is 36.4 Å². The van der Waals surface area contributed by atoms with Crippen molar-refractivity contribution in [3.8, 4) is 0 Å². The quantitative estimate of drug-likeness (QED) is 0.477. The topological polar surface area (TPSA) is 86.8 Å². The standard InChI is InChI=1S/C26H36ClN3O4S/c1-7-24(26(32)28-15-18(2)3)29(16-21-9-11-22(27)12-10-21)25(31)17-30(35(6,33)34)23-13-8-19(4)20(5)14-23/h8-14,18,24H,7,15-17H2,1-6H3,(H,28,32). The number of carbonyl (C=O) groups excluding carboxylic acids is 2. The van der Waals surface area contributed by atoms with E-state index in [-0.39, 0.29) is 18.4 Å². The van der Waals surface area contributed by atoms with E-state index in [0.29, 0.717) is 23.7 Å². The third kappa shape index (κ3) is 8.25. The van der Waals surface area contributed by atoms with E-state index >= 15 is 0 Å². The van der Waals surface area contributed by atoms with Crippen LogP contribution in [-0.2, 0) is 26.2 Å². The fraction of sp³-hybridized carbons (Fsp3) is 0.462. The number of hydrogen-bond donors (Lipinski definition) is 1. The van der Waals surface area contributed by atoms with Gasteiger partial charge in [0, 0.05) is 18.1 Å². The van der Waals surface area contributed by atoms with Crippen LogP contribution in [-0.4, -0.2) is 50.5 Å². The third-order valence-electron chi connectivity index (χ3n) is 5.79. The van der Waals surface area contributed by atoms with Gasteiger partial charge >= 0.3 is 0 Å². The average Bonchev–Trinajstić information content (AvgIpc) is 2.78. The van der Waals surface area contributed by atoms with E-state index < -0.39 is 28.5 Å². The molecule has 9 heteroatoms. The summed E-state index contributed by atoms with van der Waals surface area (Å²) in [5, 5.41) is 3.47. The maximum absolute atomic E-state index is 13.7. The lowest BCUT2D eigenvalue weighted by Crippen LogP contribution is -2.52. The van der Waals surface area contributed by atoms with Gasteiger partial charge in [-0.3, -0.25) is 13.9 Å². The molecule has 35 heavy (non-hydrogen) atoms. The summed E-state index contributed by atoms with van der Waals surface area (Å²) >= 11 is 6.01. The van der Waals surface area contributed by atoms with Gasteiger partial charge in [-0.15, -0.1) is 0 Å². The van der Waals surface area contributed by atoms with Gasteiger partial charge in [0.2, 0.25) is 21.8 Å². The number of aryl methyl sites for hydroxylation is 2. The first kappa shape index (κ1) is 28.7. The zero-order valence-corrected chi connectivity index (χ0v) is 22.9. The van der Waals surface area contributed by atoms with Gasteiger partial charge in [-0.2, -0.15) is 0 Å². The molecule has 0 aliphatic rings. The molecule has 7 nitrogen and oxygen atoms in total. The number of carbonyl (C=O) groups is 2. The van der Waals surface area contributed by atoms with Crippen LogP contribution in [0.3, 0.4) is 0 Å². The van der Waals surface area contributed by atoms with Gasteiger partial charge in [0.25, 0.3) is 0 Å². The largest absolute Gasteiger partial charge is 0.354 e. The van der Waals surface area contributed by atoms with Gasteiger partial charge in [0.1, 0.15) is 12.6 Å². The molecule has 192 valence electrons. The molecule has 0 saturated heterocycles. The number of amides is 2. The first-order chi connectivity index (χ1) is 16.3. The van der Waals surface area contributed by atoms with E-state index in [1.807, 2.05) is 40.7 Å². The van der Waals surface area contributed by atoms with Crippen molar-refractivity contribution in [1.82, 2.24) is 10.2 Å². The van der Waals surface area contributed by atoms with Crippen LogP contribution < -0.4 is 9.62 Å². The summed E-state index contributed by atoms with van der Waals surface area (Å²) in [7, 11) is -3.76. The second kappa shape index (κ2) is 12.4. The second-order valence-corrected chi connectivity index (χ2v) is 11.6. The normalized spacial score (nSPS) is 12.3. The molecule has 0 spiro atoms. The number of hydrogen-bond acceptors (Lipinski definition) is 4. The predicted molar refractivity (Wildman–Crippen MR) is 142 cm³/mol. The third-order valence-corrected chi connectivity index (χ3v) is 7.19. The lowest BCUT2D eigenvalue weighted by molar-refractivity contribution is -0.140. The summed E-state index contributed by atoms with van der Waals surface area (Å²) in [4.78, 5) is 28.2. The Morgan fingerprint density at radius 2 is 1.66 bits per heavy atom. The summed E-state index contributed by atoms with van der Waals surface area (Å²) in [5.41, 5.74) is 3.13. The van der Waals surface area contributed by atoms with E-state index in [2.05, 4.69) is 5.32 Å². The lowest BCUT2D eigenvalue weighted by Gasteiger charge is -2.33. The Hall–Kier alpha value is -2.58. The Bertz CT molecular complexity index is 1130. The highest BCUT2D eigenvalue weighted by atomic mass is 35.5. The molecule has 0 radical (unpaired) electrons. The van der Waals surface area contributed by atoms with E-state index in [0.717, 1.165) is 27.3 Å². The second-order valence-electron chi connectivity index (χ2n) is 9.25. The van der Waals surface area contributed by atoms with Crippen LogP contribution in [0.2, 0.25) is 5.02 Å². The van der Waals surface area contributed by atoms with Crippen molar-refractivity contribution < 1.29 is 18.0 Å². The monoisotopic (exact) mass is 521 g/mol. The molecule has 0 saturated carbocycles. The molecule has 2 aromatic carbocycles. The molecule has 2 amide bonds. The molecule has 1 N–H and O–H groups in total. The molecule has 0 aromatic heterocycles. The van der Waals surface area contributed by atoms with Crippen LogP contribution >= 0.6 is 11.6 Å². The Balaban J connectivity index is 2.43. The molecule has 1 atom stereocenters. The summed E-state index contributed by atoms with van der Waals surface area (Å²) in [6.07, 6.45) is 1.46. The molecule has 0 bridgehead atoms. The molecule has 0 fully saturated rings. The summed E-state index contributed by atoms with van der Waals surface area (Å²) in [5.74, 6) is -0.474. The van der Waals surface area contributed by atoms with Crippen LogP contribution in [0.5, 0.6) is 0 Å². The van der Waals surface area contributed by atoms with Gasteiger partial charge < -0.3 is 10.2 Å². The number of nitrogens with one attached hydrogen (secondary N) is 1. The molecule has 0 aliphatic carbocycles. The minimum atomic E-state index is -3.76. The molecular weight excluding hydrogens is 486 g/mol. The number of nitrogens with zero attached hydrogens (tertiary/aromatic N) is 2. The van der Waals surface area contributed by atoms with Crippen molar-refractivity contribution >= 4 is 39.1 Å². The van der Waals surface area contributed by atoms with E-state index in [9.17, 15) is 18.0 Å². The van der Waals surface area contributed by atoms with Crippen molar-refractivity contribution in [2.45, 2.75) is 53.6 Å². The fourth-order valence-electron chi connectivity index (χ4n) is 3.62. The van der Waals surface area contributed by atoms with Crippen LogP contribution in [0.15, 0.2) is 42.5 Å². The molecular formula is C26H36ClN3O4S. The SMILES string of the molecule is CCC(C(=O)NCC(C)C)N(Cc1ccc(Cl)cc1)C(=O)CN(c1ccc(C)c(C)c1)S(C)(=O)=O. The minimum absolute atomic E-state index is 0.147. The Labute approximate surface area is 214 Å². The van der Waals surface area contributed by atoms with Crippen molar-refractivity contribution in [2.24, 2.45) is 5.92 Å². The molecule has 2 aromatic rings. The van der Waals surface area contributed by atoms with Crippen LogP contribution in [0.25, 0.3) is 0 Å². The Morgan fingerprint density at radius 3 is 2.17 bits per heavy atom. The highest BCUT2D eigenvalue weighted by Gasteiger charge is 2.31. The predicted octanol–water partition coefficient (Wildman–Crippen LogP) is 4.30. The number of benzene rings is 2. The van der Waals surface area contributed by atoms with Crippen LogP contribution in [0.4, 0.5) is 5.69 Å². The van der Waals surface area contributed by atoms with Gasteiger partial charge in [0.05, 0.1) is 11.9 Å². The molecule has 0 heterocycles.